The van der Waals surface area contributed by atoms with Crippen LogP contribution in [0.2, 0.25) is 0 Å². The van der Waals surface area contributed by atoms with Crippen LogP contribution in [0.1, 0.15) is 17.2 Å². The van der Waals surface area contributed by atoms with Crippen LogP contribution in [0, 0.1) is 6.92 Å². The van der Waals surface area contributed by atoms with E-state index >= 15 is 0 Å². The van der Waals surface area contributed by atoms with Gasteiger partial charge in [0.15, 0.2) is 0 Å². The van der Waals surface area contributed by atoms with Crippen molar-refractivity contribution in [3.8, 4) is 0 Å². The highest BCUT2D eigenvalue weighted by Crippen LogP contribution is 2.23. The van der Waals surface area contributed by atoms with Gasteiger partial charge in [-0.2, -0.15) is 0 Å². The molecule has 1 fully saturated rings. The van der Waals surface area contributed by atoms with E-state index in [4.69, 9.17) is 10.8 Å². The third-order valence-electron chi connectivity index (χ3n) is 4.03. The minimum absolute atomic E-state index is 0.248. The van der Waals surface area contributed by atoms with Crippen LogP contribution in [0.4, 0.5) is 0 Å². The Morgan fingerprint density at radius 3 is 2.47 bits per heavy atom. The van der Waals surface area contributed by atoms with Gasteiger partial charge >= 0.3 is 0 Å². The second-order valence-electron chi connectivity index (χ2n) is 5.21. The molecule has 4 nitrogen and oxygen atoms in total. The lowest BCUT2D eigenvalue weighted by Crippen LogP contribution is -2.49. The first kappa shape index (κ1) is 14.5. The zero-order chi connectivity index (χ0) is 13.7. The largest absolute Gasteiger partial charge is 0.395 e. The van der Waals surface area contributed by atoms with E-state index in [-0.39, 0.29) is 6.61 Å². The first-order valence-corrected chi connectivity index (χ1v) is 7.09. The highest BCUT2D eigenvalue weighted by Gasteiger charge is 2.24. The van der Waals surface area contributed by atoms with E-state index < -0.39 is 0 Å². The number of aryl methyl sites for hydroxylation is 1. The van der Waals surface area contributed by atoms with E-state index in [0.29, 0.717) is 12.6 Å². The van der Waals surface area contributed by atoms with Crippen molar-refractivity contribution >= 4 is 0 Å². The van der Waals surface area contributed by atoms with Gasteiger partial charge in [0, 0.05) is 45.3 Å². The standard InChI is InChI=1S/C15H25N3O/c1-13-4-2-3-5-14(13)15(12-16)18-8-6-17(7-9-18)10-11-19/h2-5,15,19H,6-12,16H2,1H3. The summed E-state index contributed by atoms with van der Waals surface area (Å²) in [5.74, 6) is 0. The SMILES string of the molecule is Cc1ccccc1C(CN)N1CCN(CCO)CC1. The van der Waals surface area contributed by atoms with Crippen LogP contribution in [-0.4, -0.2) is 60.8 Å². The number of β-amino-alcohol motifs (C(OH)–C–C–N with tert-alkyl or cyclic N) is 1. The maximum atomic E-state index is 8.98. The summed E-state index contributed by atoms with van der Waals surface area (Å²) in [5.41, 5.74) is 8.67. The maximum Gasteiger partial charge on any atom is 0.0558 e. The molecule has 1 heterocycles. The Balaban J connectivity index is 2.02. The Labute approximate surface area is 115 Å². The lowest BCUT2D eigenvalue weighted by molar-refractivity contribution is 0.0855. The van der Waals surface area contributed by atoms with Crippen molar-refractivity contribution in [3.05, 3.63) is 35.4 Å². The molecule has 106 valence electrons. The number of piperazine rings is 1. The lowest BCUT2D eigenvalue weighted by Gasteiger charge is -2.39. The predicted molar refractivity (Wildman–Crippen MR) is 78.1 cm³/mol. The molecule has 1 atom stereocenters. The first-order valence-electron chi connectivity index (χ1n) is 7.09. The third kappa shape index (κ3) is 3.54. The number of hydrogen-bond acceptors (Lipinski definition) is 4. The second kappa shape index (κ2) is 7.01. The number of aliphatic hydroxyl groups excluding tert-OH is 1. The molecule has 0 spiro atoms. The summed E-state index contributed by atoms with van der Waals surface area (Å²) < 4.78 is 0. The van der Waals surface area contributed by atoms with Gasteiger partial charge in [0.25, 0.3) is 0 Å². The summed E-state index contributed by atoms with van der Waals surface area (Å²) in [5, 5.41) is 8.98. The number of hydrogen-bond donors (Lipinski definition) is 2. The molecule has 3 N–H and O–H groups in total. The van der Waals surface area contributed by atoms with E-state index in [2.05, 4.69) is 41.0 Å². The molecular formula is C15H25N3O. The molecule has 1 aromatic carbocycles. The Kier molecular flexibility index (Phi) is 5.34. The van der Waals surface area contributed by atoms with Crippen LogP contribution in [0.5, 0.6) is 0 Å². The van der Waals surface area contributed by atoms with Gasteiger partial charge in [-0.3, -0.25) is 9.80 Å². The molecule has 1 aliphatic rings. The van der Waals surface area contributed by atoms with Crippen molar-refractivity contribution in [2.75, 3.05) is 45.9 Å². The van der Waals surface area contributed by atoms with Gasteiger partial charge < -0.3 is 10.8 Å². The van der Waals surface area contributed by atoms with Crippen molar-refractivity contribution in [2.45, 2.75) is 13.0 Å². The zero-order valence-corrected chi connectivity index (χ0v) is 11.8. The van der Waals surface area contributed by atoms with Gasteiger partial charge in [-0.1, -0.05) is 24.3 Å². The quantitative estimate of drug-likeness (QED) is 0.817. The minimum atomic E-state index is 0.248. The van der Waals surface area contributed by atoms with E-state index in [9.17, 15) is 0 Å². The average molecular weight is 263 g/mol. The highest BCUT2D eigenvalue weighted by atomic mass is 16.3. The fourth-order valence-electron chi connectivity index (χ4n) is 2.87. The highest BCUT2D eigenvalue weighted by molar-refractivity contribution is 5.29. The minimum Gasteiger partial charge on any atom is -0.395 e. The van der Waals surface area contributed by atoms with Gasteiger partial charge in [0.05, 0.1) is 6.61 Å². The van der Waals surface area contributed by atoms with E-state index in [1.165, 1.54) is 11.1 Å². The summed E-state index contributed by atoms with van der Waals surface area (Å²) in [7, 11) is 0. The number of rotatable bonds is 5. The average Bonchev–Trinajstić information content (AvgIpc) is 2.44. The van der Waals surface area contributed by atoms with Gasteiger partial charge in [-0.05, 0) is 18.1 Å². The topological polar surface area (TPSA) is 52.7 Å². The molecule has 2 rings (SSSR count). The molecule has 0 aromatic heterocycles. The van der Waals surface area contributed by atoms with E-state index in [1.54, 1.807) is 0 Å². The molecule has 0 amide bonds. The summed E-state index contributed by atoms with van der Waals surface area (Å²) in [4.78, 5) is 4.78. The van der Waals surface area contributed by atoms with Crippen molar-refractivity contribution in [2.24, 2.45) is 5.73 Å². The van der Waals surface area contributed by atoms with Gasteiger partial charge in [0.1, 0.15) is 0 Å². The summed E-state index contributed by atoms with van der Waals surface area (Å²) >= 11 is 0. The molecule has 4 heteroatoms. The van der Waals surface area contributed by atoms with Crippen LogP contribution >= 0.6 is 0 Å². The molecule has 0 radical (unpaired) electrons. The number of nitrogens with zero attached hydrogens (tertiary/aromatic N) is 2. The third-order valence-corrected chi connectivity index (χ3v) is 4.03. The Bertz CT molecular complexity index is 389. The zero-order valence-electron chi connectivity index (χ0n) is 11.8. The fraction of sp³-hybridized carbons (Fsp3) is 0.600. The number of nitrogens with two attached hydrogens (primary N) is 1. The van der Waals surface area contributed by atoms with Crippen LogP contribution in [0.15, 0.2) is 24.3 Å². The number of benzene rings is 1. The summed E-state index contributed by atoms with van der Waals surface area (Å²) in [6.07, 6.45) is 0. The van der Waals surface area contributed by atoms with Crippen LogP contribution in [-0.2, 0) is 0 Å². The Morgan fingerprint density at radius 2 is 1.89 bits per heavy atom. The maximum absolute atomic E-state index is 8.98. The normalized spacial score (nSPS) is 19.5. The molecule has 1 unspecified atom stereocenters. The molecule has 0 saturated carbocycles. The second-order valence-corrected chi connectivity index (χ2v) is 5.21. The van der Waals surface area contributed by atoms with Crippen molar-refractivity contribution < 1.29 is 5.11 Å². The molecule has 0 bridgehead atoms. The monoisotopic (exact) mass is 263 g/mol. The van der Waals surface area contributed by atoms with Gasteiger partial charge in [-0.15, -0.1) is 0 Å². The summed E-state index contributed by atoms with van der Waals surface area (Å²) in [6, 6.07) is 8.82. The number of aliphatic hydroxyl groups is 1. The van der Waals surface area contributed by atoms with Crippen LogP contribution in [0.3, 0.4) is 0 Å². The van der Waals surface area contributed by atoms with Crippen LogP contribution < -0.4 is 5.73 Å². The smallest absolute Gasteiger partial charge is 0.0558 e. The molecule has 19 heavy (non-hydrogen) atoms. The predicted octanol–water partition coefficient (Wildman–Crippen LogP) is 0.605. The molecule has 0 aliphatic carbocycles. The summed E-state index contributed by atoms with van der Waals surface area (Å²) in [6.45, 7) is 7.92. The fourth-order valence-corrected chi connectivity index (χ4v) is 2.87. The van der Waals surface area contributed by atoms with E-state index in [0.717, 1.165) is 32.7 Å². The first-order chi connectivity index (χ1) is 9.26. The van der Waals surface area contributed by atoms with Crippen molar-refractivity contribution in [1.29, 1.82) is 0 Å². The van der Waals surface area contributed by atoms with Gasteiger partial charge in [-0.25, -0.2) is 0 Å². The Hall–Kier alpha value is -0.940. The molecular weight excluding hydrogens is 238 g/mol. The van der Waals surface area contributed by atoms with Gasteiger partial charge in [0.2, 0.25) is 0 Å². The molecule has 1 aromatic rings. The van der Waals surface area contributed by atoms with Crippen molar-refractivity contribution in [3.63, 3.8) is 0 Å². The molecule has 1 aliphatic heterocycles. The van der Waals surface area contributed by atoms with Crippen LogP contribution in [0.25, 0.3) is 0 Å². The molecule has 1 saturated heterocycles. The Morgan fingerprint density at radius 1 is 1.21 bits per heavy atom. The van der Waals surface area contributed by atoms with Crippen molar-refractivity contribution in [1.82, 2.24) is 9.80 Å². The lowest BCUT2D eigenvalue weighted by atomic mass is 9.99. The van der Waals surface area contributed by atoms with E-state index in [1.807, 2.05) is 0 Å².